The standard InChI is InChI=1S/C19H31N3O4S/c1-6-26-16-13-19(20,18(16,3)4)17(23)22(5)12-11-21-27(24,25)15-9-7-14(2)8-10-15/h7-10,16,21H,6,11-13,20H2,1-5H3. The fourth-order valence-corrected chi connectivity index (χ4v) is 4.41. The maximum absolute atomic E-state index is 12.8. The first-order valence-electron chi connectivity index (χ1n) is 9.18. The number of hydrogen-bond donors (Lipinski definition) is 2. The van der Waals surface area contributed by atoms with E-state index in [1.54, 1.807) is 31.3 Å². The van der Waals surface area contributed by atoms with Crippen molar-refractivity contribution in [3.05, 3.63) is 29.8 Å². The van der Waals surface area contributed by atoms with Crippen molar-refractivity contribution in [2.45, 2.75) is 50.7 Å². The number of hydrogen-bond acceptors (Lipinski definition) is 5. The summed E-state index contributed by atoms with van der Waals surface area (Å²) >= 11 is 0. The fraction of sp³-hybridized carbons (Fsp3) is 0.632. The first-order valence-corrected chi connectivity index (χ1v) is 10.7. The van der Waals surface area contributed by atoms with E-state index in [0.29, 0.717) is 13.0 Å². The lowest BCUT2D eigenvalue weighted by atomic mass is 9.54. The van der Waals surface area contributed by atoms with Crippen LogP contribution in [0, 0.1) is 12.3 Å². The molecule has 0 aromatic heterocycles. The second kappa shape index (κ2) is 7.87. The molecule has 0 bridgehead atoms. The van der Waals surface area contributed by atoms with E-state index in [2.05, 4.69) is 4.72 Å². The highest BCUT2D eigenvalue weighted by atomic mass is 32.2. The van der Waals surface area contributed by atoms with Gasteiger partial charge in [-0.05, 0) is 26.0 Å². The Bertz CT molecular complexity index is 777. The molecule has 1 aliphatic rings. The van der Waals surface area contributed by atoms with E-state index < -0.39 is 21.0 Å². The summed E-state index contributed by atoms with van der Waals surface area (Å²) in [7, 11) is -1.96. The molecule has 1 aromatic rings. The topological polar surface area (TPSA) is 102 Å². The Morgan fingerprint density at radius 2 is 1.93 bits per heavy atom. The van der Waals surface area contributed by atoms with E-state index in [-0.39, 0.29) is 30.0 Å². The smallest absolute Gasteiger partial charge is 0.243 e. The minimum atomic E-state index is -3.60. The van der Waals surface area contributed by atoms with Crippen molar-refractivity contribution < 1.29 is 17.9 Å². The average Bonchev–Trinajstić information content (AvgIpc) is 2.60. The van der Waals surface area contributed by atoms with Gasteiger partial charge in [0, 0.05) is 38.6 Å². The van der Waals surface area contributed by atoms with Gasteiger partial charge in [-0.3, -0.25) is 4.79 Å². The van der Waals surface area contributed by atoms with Crippen LogP contribution in [0.1, 0.15) is 32.8 Å². The summed E-state index contributed by atoms with van der Waals surface area (Å²) in [4.78, 5) is 14.5. The molecule has 1 fully saturated rings. The lowest BCUT2D eigenvalue weighted by Gasteiger charge is -2.58. The molecule has 0 saturated heterocycles. The number of ether oxygens (including phenoxy) is 1. The van der Waals surface area contributed by atoms with Gasteiger partial charge in [0.15, 0.2) is 0 Å². The van der Waals surface area contributed by atoms with Gasteiger partial charge < -0.3 is 15.4 Å². The summed E-state index contributed by atoms with van der Waals surface area (Å²) in [6.45, 7) is 8.61. The number of likely N-dealkylation sites (N-methyl/N-ethyl adjacent to an activating group) is 1. The molecule has 2 rings (SSSR count). The Hall–Kier alpha value is -1.48. The second-order valence-corrected chi connectivity index (χ2v) is 9.55. The monoisotopic (exact) mass is 397 g/mol. The third kappa shape index (κ3) is 4.18. The van der Waals surface area contributed by atoms with Gasteiger partial charge in [-0.2, -0.15) is 0 Å². The molecule has 1 amide bonds. The van der Waals surface area contributed by atoms with Crippen LogP contribution in [0.4, 0.5) is 0 Å². The van der Waals surface area contributed by atoms with Crippen molar-refractivity contribution in [3.8, 4) is 0 Å². The zero-order chi connectivity index (χ0) is 20.5. The summed E-state index contributed by atoms with van der Waals surface area (Å²) < 4.78 is 32.8. The summed E-state index contributed by atoms with van der Waals surface area (Å²) in [6.07, 6.45) is 0.413. The molecule has 7 nitrogen and oxygen atoms in total. The number of rotatable bonds is 8. The van der Waals surface area contributed by atoms with Crippen LogP contribution in [0.5, 0.6) is 0 Å². The summed E-state index contributed by atoms with van der Waals surface area (Å²) in [5, 5.41) is 0. The molecule has 2 unspecified atom stereocenters. The SMILES string of the molecule is CCOC1CC(N)(C(=O)N(C)CCNS(=O)(=O)c2ccc(C)cc2)C1(C)C. The van der Waals surface area contributed by atoms with E-state index in [1.165, 1.54) is 4.90 Å². The predicted molar refractivity (Wildman–Crippen MR) is 105 cm³/mol. The molecule has 0 aliphatic heterocycles. The van der Waals surface area contributed by atoms with Crippen LogP contribution >= 0.6 is 0 Å². The van der Waals surface area contributed by atoms with E-state index in [1.807, 2.05) is 27.7 Å². The van der Waals surface area contributed by atoms with Crippen LogP contribution in [0.15, 0.2) is 29.2 Å². The molecular formula is C19H31N3O4S. The minimum absolute atomic E-state index is 0.0510. The van der Waals surface area contributed by atoms with Crippen molar-refractivity contribution >= 4 is 15.9 Å². The van der Waals surface area contributed by atoms with E-state index in [9.17, 15) is 13.2 Å². The number of nitrogens with zero attached hydrogens (tertiary/aromatic N) is 1. The molecule has 0 heterocycles. The molecule has 2 atom stereocenters. The first-order chi connectivity index (χ1) is 12.5. The van der Waals surface area contributed by atoms with Crippen LogP contribution in [-0.4, -0.2) is 57.6 Å². The number of sulfonamides is 1. The van der Waals surface area contributed by atoms with Crippen molar-refractivity contribution in [2.24, 2.45) is 11.1 Å². The van der Waals surface area contributed by atoms with E-state index in [4.69, 9.17) is 10.5 Å². The van der Waals surface area contributed by atoms with Gasteiger partial charge in [0.1, 0.15) is 5.54 Å². The van der Waals surface area contributed by atoms with Gasteiger partial charge >= 0.3 is 0 Å². The first kappa shape index (κ1) is 21.8. The Morgan fingerprint density at radius 1 is 1.33 bits per heavy atom. The van der Waals surface area contributed by atoms with Gasteiger partial charge in [-0.1, -0.05) is 31.5 Å². The minimum Gasteiger partial charge on any atom is -0.378 e. The molecule has 1 aromatic carbocycles. The second-order valence-electron chi connectivity index (χ2n) is 7.78. The summed E-state index contributed by atoms with van der Waals surface area (Å²) in [5.41, 5.74) is 5.91. The van der Waals surface area contributed by atoms with Gasteiger partial charge in [0.2, 0.25) is 15.9 Å². The maximum Gasteiger partial charge on any atom is 0.243 e. The number of nitrogens with one attached hydrogen (secondary N) is 1. The van der Waals surface area contributed by atoms with Gasteiger partial charge in [-0.25, -0.2) is 13.1 Å². The van der Waals surface area contributed by atoms with Crippen molar-refractivity contribution in [2.75, 3.05) is 26.7 Å². The quantitative estimate of drug-likeness (QED) is 0.688. The zero-order valence-corrected chi connectivity index (χ0v) is 17.6. The van der Waals surface area contributed by atoms with E-state index >= 15 is 0 Å². The third-order valence-electron chi connectivity index (χ3n) is 5.63. The zero-order valence-electron chi connectivity index (χ0n) is 16.8. The van der Waals surface area contributed by atoms with Crippen molar-refractivity contribution in [1.82, 2.24) is 9.62 Å². The largest absolute Gasteiger partial charge is 0.378 e. The number of nitrogens with two attached hydrogens (primary N) is 1. The summed E-state index contributed by atoms with van der Waals surface area (Å²) in [5.74, 6) is -0.196. The van der Waals surface area contributed by atoms with Gasteiger partial charge in [0.25, 0.3) is 0 Å². The Labute approximate surface area is 162 Å². The number of carbonyl (C=O) groups excluding carboxylic acids is 1. The number of benzene rings is 1. The Balaban J connectivity index is 1.93. The molecule has 1 aliphatic carbocycles. The highest BCUT2D eigenvalue weighted by molar-refractivity contribution is 7.89. The molecule has 0 spiro atoms. The number of aryl methyl sites for hydroxylation is 1. The molecule has 3 N–H and O–H groups in total. The molecule has 0 radical (unpaired) electrons. The van der Waals surface area contributed by atoms with Crippen LogP contribution in [-0.2, 0) is 19.6 Å². The van der Waals surface area contributed by atoms with Crippen LogP contribution in [0.2, 0.25) is 0 Å². The molecule has 1 saturated carbocycles. The fourth-order valence-electron chi connectivity index (χ4n) is 3.39. The Kier molecular flexibility index (Phi) is 6.36. The third-order valence-corrected chi connectivity index (χ3v) is 7.11. The highest BCUT2D eigenvalue weighted by Crippen LogP contribution is 2.50. The molecule has 8 heteroatoms. The highest BCUT2D eigenvalue weighted by Gasteiger charge is 2.63. The Morgan fingerprint density at radius 3 is 2.44 bits per heavy atom. The van der Waals surface area contributed by atoms with Gasteiger partial charge in [0.05, 0.1) is 11.0 Å². The average molecular weight is 398 g/mol. The number of amides is 1. The summed E-state index contributed by atoms with van der Waals surface area (Å²) in [6, 6.07) is 6.62. The van der Waals surface area contributed by atoms with Gasteiger partial charge in [-0.15, -0.1) is 0 Å². The lowest BCUT2D eigenvalue weighted by Crippen LogP contribution is -2.75. The molecule has 152 valence electrons. The molecular weight excluding hydrogens is 366 g/mol. The van der Waals surface area contributed by atoms with Crippen molar-refractivity contribution in [1.29, 1.82) is 0 Å². The molecule has 27 heavy (non-hydrogen) atoms. The maximum atomic E-state index is 12.8. The number of carbonyl (C=O) groups is 1. The predicted octanol–water partition coefficient (Wildman–Crippen LogP) is 1.26. The van der Waals surface area contributed by atoms with Crippen LogP contribution < -0.4 is 10.5 Å². The van der Waals surface area contributed by atoms with Crippen molar-refractivity contribution in [3.63, 3.8) is 0 Å². The van der Waals surface area contributed by atoms with Crippen LogP contribution in [0.3, 0.4) is 0 Å². The normalized spacial score (nSPS) is 24.3. The lowest BCUT2D eigenvalue weighted by molar-refractivity contribution is -0.178. The van der Waals surface area contributed by atoms with Crippen LogP contribution in [0.25, 0.3) is 0 Å². The van der Waals surface area contributed by atoms with E-state index in [0.717, 1.165) is 5.56 Å².